The second-order valence-corrected chi connectivity index (χ2v) is 5.31. The Labute approximate surface area is 133 Å². The van der Waals surface area contributed by atoms with E-state index in [1.54, 1.807) is 0 Å². The van der Waals surface area contributed by atoms with E-state index in [1.165, 1.54) is 10.6 Å². The van der Waals surface area contributed by atoms with Crippen LogP contribution >= 0.6 is 0 Å². The summed E-state index contributed by atoms with van der Waals surface area (Å²) in [5, 5.41) is 15.6. The van der Waals surface area contributed by atoms with E-state index in [2.05, 4.69) is 21.5 Å². The highest BCUT2D eigenvalue weighted by Gasteiger charge is 2.14. The van der Waals surface area contributed by atoms with Crippen LogP contribution in [0.1, 0.15) is 30.2 Å². The predicted molar refractivity (Wildman–Crippen MR) is 88.3 cm³/mol. The zero-order chi connectivity index (χ0) is 16.2. The highest BCUT2D eigenvalue weighted by atomic mass is 16.1. The van der Waals surface area contributed by atoms with Gasteiger partial charge in [-0.15, -0.1) is 0 Å². The summed E-state index contributed by atoms with van der Waals surface area (Å²) in [4.78, 5) is 16.6. The fourth-order valence-electron chi connectivity index (χ4n) is 2.49. The number of hydrogen-bond acceptors (Lipinski definition) is 4. The zero-order valence-corrected chi connectivity index (χ0v) is 12.8. The maximum absolute atomic E-state index is 12.2. The molecule has 3 aromatic rings. The molecule has 23 heavy (non-hydrogen) atoms. The number of fused-ring (bicyclic) bond motifs is 1. The molecule has 0 fully saturated rings. The lowest BCUT2D eigenvalue weighted by atomic mass is 10.2. The number of hydrogen-bond donors (Lipinski definition) is 2. The van der Waals surface area contributed by atoms with Crippen LogP contribution in [-0.4, -0.2) is 14.6 Å². The molecule has 0 aliphatic heterocycles. The minimum Gasteiger partial charge on any atom is -0.365 e. The summed E-state index contributed by atoms with van der Waals surface area (Å²) < 4.78 is 1.31. The number of aromatic nitrogens is 3. The van der Waals surface area contributed by atoms with Crippen molar-refractivity contribution in [2.45, 2.75) is 26.3 Å². The number of H-pyrrole nitrogens is 1. The maximum Gasteiger partial charge on any atom is 0.272 e. The van der Waals surface area contributed by atoms with Crippen molar-refractivity contribution in [3.05, 3.63) is 63.6 Å². The molecule has 0 radical (unpaired) electrons. The molecule has 0 aliphatic rings. The molecular formula is C17H17N5O. The molecule has 3 rings (SSSR count). The molecule has 0 unspecified atom stereocenters. The Morgan fingerprint density at radius 2 is 2.13 bits per heavy atom. The van der Waals surface area contributed by atoms with Crippen molar-refractivity contribution >= 4 is 11.5 Å². The molecule has 6 nitrogen and oxygen atoms in total. The van der Waals surface area contributed by atoms with Crippen LogP contribution in [0.4, 0.5) is 5.82 Å². The Hall–Kier alpha value is -3.07. The monoisotopic (exact) mass is 307 g/mol. The molecule has 2 heterocycles. The van der Waals surface area contributed by atoms with Gasteiger partial charge in [-0.05, 0) is 12.0 Å². The molecule has 0 saturated heterocycles. The van der Waals surface area contributed by atoms with Gasteiger partial charge in [-0.2, -0.15) is 9.78 Å². The zero-order valence-electron chi connectivity index (χ0n) is 12.8. The Morgan fingerprint density at radius 1 is 1.35 bits per heavy atom. The summed E-state index contributed by atoms with van der Waals surface area (Å²) in [6.07, 6.45) is 1.61. The van der Waals surface area contributed by atoms with Gasteiger partial charge in [0.05, 0.1) is 0 Å². The number of benzene rings is 1. The molecule has 1 aromatic carbocycles. The van der Waals surface area contributed by atoms with Gasteiger partial charge >= 0.3 is 0 Å². The molecule has 0 spiro atoms. The molecule has 0 aliphatic carbocycles. The molecule has 0 atom stereocenters. The number of aryl methyl sites for hydroxylation is 1. The SMILES string of the molecule is CCCc1cc(=O)n2[nH]c(NCc3ccccc3)c(C#N)c2n1. The first-order chi connectivity index (χ1) is 11.2. The molecule has 0 bridgehead atoms. The fraction of sp³-hybridized carbons (Fsp3) is 0.235. The third-order valence-corrected chi connectivity index (χ3v) is 3.60. The number of anilines is 1. The number of nitrogens with zero attached hydrogens (tertiary/aromatic N) is 3. The molecule has 0 amide bonds. The molecule has 2 N–H and O–H groups in total. The topological polar surface area (TPSA) is 86.0 Å². The lowest BCUT2D eigenvalue weighted by Crippen LogP contribution is -2.15. The van der Waals surface area contributed by atoms with Crippen molar-refractivity contribution in [1.29, 1.82) is 5.26 Å². The van der Waals surface area contributed by atoms with Gasteiger partial charge in [-0.25, -0.2) is 4.98 Å². The van der Waals surface area contributed by atoms with Gasteiger partial charge in [0, 0.05) is 18.3 Å². The largest absolute Gasteiger partial charge is 0.365 e. The first-order valence-electron chi connectivity index (χ1n) is 7.55. The van der Waals surface area contributed by atoms with E-state index in [0.29, 0.717) is 35.7 Å². The first kappa shape index (κ1) is 14.9. The molecule has 2 aromatic heterocycles. The van der Waals surface area contributed by atoms with Crippen LogP contribution in [0.5, 0.6) is 0 Å². The van der Waals surface area contributed by atoms with Crippen molar-refractivity contribution in [2.75, 3.05) is 5.32 Å². The van der Waals surface area contributed by atoms with Gasteiger partial charge < -0.3 is 5.32 Å². The minimum atomic E-state index is -0.206. The number of nitriles is 1. The van der Waals surface area contributed by atoms with Gasteiger partial charge in [0.1, 0.15) is 17.5 Å². The van der Waals surface area contributed by atoms with Gasteiger partial charge in [0.25, 0.3) is 5.56 Å². The van der Waals surface area contributed by atoms with Crippen LogP contribution in [0.3, 0.4) is 0 Å². The summed E-state index contributed by atoms with van der Waals surface area (Å²) in [7, 11) is 0. The van der Waals surface area contributed by atoms with Crippen molar-refractivity contribution in [3.8, 4) is 6.07 Å². The fourth-order valence-corrected chi connectivity index (χ4v) is 2.49. The summed E-state index contributed by atoms with van der Waals surface area (Å²) in [6, 6.07) is 13.5. The van der Waals surface area contributed by atoms with Crippen molar-refractivity contribution in [2.24, 2.45) is 0 Å². The average molecular weight is 307 g/mol. The van der Waals surface area contributed by atoms with Gasteiger partial charge in [-0.1, -0.05) is 43.7 Å². The van der Waals surface area contributed by atoms with Crippen molar-refractivity contribution < 1.29 is 0 Å². The lowest BCUT2D eigenvalue weighted by Gasteiger charge is -2.03. The van der Waals surface area contributed by atoms with E-state index < -0.39 is 0 Å². The van der Waals surface area contributed by atoms with Gasteiger partial charge in [-0.3, -0.25) is 9.89 Å². The summed E-state index contributed by atoms with van der Waals surface area (Å²) in [6.45, 7) is 2.58. The Bertz CT molecular complexity index is 918. The van der Waals surface area contributed by atoms with Crippen LogP contribution in [0.15, 0.2) is 41.2 Å². The Morgan fingerprint density at radius 3 is 2.83 bits per heavy atom. The second-order valence-electron chi connectivity index (χ2n) is 5.31. The molecular weight excluding hydrogens is 290 g/mol. The van der Waals surface area contributed by atoms with E-state index in [0.717, 1.165) is 12.0 Å². The van der Waals surface area contributed by atoms with E-state index in [9.17, 15) is 10.1 Å². The molecule has 116 valence electrons. The van der Waals surface area contributed by atoms with Gasteiger partial charge in [0.15, 0.2) is 5.65 Å². The van der Waals surface area contributed by atoms with Crippen LogP contribution in [0.2, 0.25) is 0 Å². The number of aromatic amines is 1. The standard InChI is InChI=1S/C17H17N5O/c1-2-6-13-9-15(23)22-17(20-13)14(10-18)16(21-22)19-11-12-7-4-3-5-8-12/h3-5,7-9,19,21H,2,6,11H2,1H3. The van der Waals surface area contributed by atoms with Crippen LogP contribution in [-0.2, 0) is 13.0 Å². The van der Waals surface area contributed by atoms with Crippen LogP contribution in [0.25, 0.3) is 5.65 Å². The summed E-state index contributed by atoms with van der Waals surface area (Å²) >= 11 is 0. The molecule has 0 saturated carbocycles. The second kappa shape index (κ2) is 6.36. The molecule has 6 heteroatoms. The average Bonchev–Trinajstić information content (AvgIpc) is 2.92. The highest BCUT2D eigenvalue weighted by Crippen LogP contribution is 2.18. The van der Waals surface area contributed by atoms with Crippen LogP contribution < -0.4 is 10.9 Å². The van der Waals surface area contributed by atoms with E-state index in [4.69, 9.17) is 0 Å². The predicted octanol–water partition coefficient (Wildman–Crippen LogP) is 2.46. The third-order valence-electron chi connectivity index (χ3n) is 3.60. The quantitative estimate of drug-likeness (QED) is 0.758. The lowest BCUT2D eigenvalue weighted by molar-refractivity contribution is 0.839. The van der Waals surface area contributed by atoms with Gasteiger partial charge in [0.2, 0.25) is 0 Å². The first-order valence-corrected chi connectivity index (χ1v) is 7.55. The van der Waals surface area contributed by atoms with E-state index >= 15 is 0 Å². The summed E-state index contributed by atoms with van der Waals surface area (Å²) in [5.41, 5.74) is 2.32. The normalized spacial score (nSPS) is 10.6. The van der Waals surface area contributed by atoms with Crippen molar-refractivity contribution in [3.63, 3.8) is 0 Å². The van der Waals surface area contributed by atoms with E-state index in [-0.39, 0.29) is 5.56 Å². The minimum absolute atomic E-state index is 0.206. The Balaban J connectivity index is 1.99. The smallest absolute Gasteiger partial charge is 0.272 e. The van der Waals surface area contributed by atoms with E-state index in [1.807, 2.05) is 37.3 Å². The number of nitrogens with one attached hydrogen (secondary N) is 2. The summed E-state index contributed by atoms with van der Waals surface area (Å²) in [5.74, 6) is 0.509. The van der Waals surface area contributed by atoms with Crippen molar-refractivity contribution in [1.82, 2.24) is 14.6 Å². The van der Waals surface area contributed by atoms with Crippen LogP contribution in [0, 0.1) is 11.3 Å². The highest BCUT2D eigenvalue weighted by molar-refractivity contribution is 5.67. The third kappa shape index (κ3) is 2.94. The number of rotatable bonds is 5. The Kier molecular flexibility index (Phi) is 4.11. The maximum atomic E-state index is 12.2.